The Morgan fingerprint density at radius 1 is 1.11 bits per heavy atom. The second-order valence-electron chi connectivity index (χ2n) is 8.33. The monoisotopic (exact) mass is 512 g/mol. The van der Waals surface area contributed by atoms with Crippen LogP contribution in [0.5, 0.6) is 5.75 Å². The minimum atomic E-state index is -5.05. The maximum Gasteiger partial charge on any atom is 0.471 e. The molecule has 0 saturated heterocycles. The summed E-state index contributed by atoms with van der Waals surface area (Å²) < 4.78 is 51.4. The highest BCUT2D eigenvalue weighted by Crippen LogP contribution is 2.33. The highest BCUT2D eigenvalue weighted by atomic mass is 35.5. The van der Waals surface area contributed by atoms with Crippen molar-refractivity contribution in [3.63, 3.8) is 0 Å². The molecule has 0 radical (unpaired) electrons. The van der Waals surface area contributed by atoms with Gasteiger partial charge in [0.1, 0.15) is 12.4 Å². The van der Waals surface area contributed by atoms with Crippen LogP contribution in [-0.2, 0) is 28.9 Å². The lowest BCUT2D eigenvalue weighted by molar-refractivity contribution is -0.188. The minimum absolute atomic E-state index is 0.191. The smallest absolute Gasteiger partial charge is 0.471 e. The van der Waals surface area contributed by atoms with E-state index >= 15 is 0 Å². The summed E-state index contributed by atoms with van der Waals surface area (Å²) in [6.45, 7) is 2.62. The Balaban J connectivity index is 1.87. The zero-order chi connectivity index (χ0) is 25.6. The summed E-state index contributed by atoms with van der Waals surface area (Å²) in [7, 11) is 1.51. The number of ether oxygens (including phenoxy) is 2. The van der Waals surface area contributed by atoms with E-state index < -0.39 is 18.1 Å². The van der Waals surface area contributed by atoms with Gasteiger partial charge in [0.05, 0.1) is 6.61 Å². The van der Waals surface area contributed by atoms with Gasteiger partial charge in [-0.2, -0.15) is 13.2 Å². The second-order valence-corrected chi connectivity index (χ2v) is 8.76. The van der Waals surface area contributed by atoms with Crippen LogP contribution in [0.25, 0.3) is 0 Å². The van der Waals surface area contributed by atoms with Gasteiger partial charge in [-0.05, 0) is 60.7 Å². The van der Waals surface area contributed by atoms with Crippen molar-refractivity contribution < 1.29 is 32.2 Å². The molecule has 0 heterocycles. The molecule has 1 unspecified atom stereocenters. The predicted octanol–water partition coefficient (Wildman–Crippen LogP) is 4.56. The number of amides is 2. The fourth-order valence-corrected chi connectivity index (χ4v) is 4.25. The summed E-state index contributed by atoms with van der Waals surface area (Å²) in [5.41, 5.74) is 2.36. The number of hydrogen-bond acceptors (Lipinski definition) is 4. The molecule has 2 aromatic rings. The van der Waals surface area contributed by atoms with Crippen molar-refractivity contribution in [2.45, 2.75) is 44.9 Å². The van der Waals surface area contributed by atoms with E-state index in [1.807, 2.05) is 6.92 Å². The summed E-state index contributed by atoms with van der Waals surface area (Å²) >= 11 is 6.10. The van der Waals surface area contributed by atoms with E-state index in [9.17, 15) is 22.8 Å². The fourth-order valence-electron chi connectivity index (χ4n) is 4.06. The highest BCUT2D eigenvalue weighted by Gasteiger charge is 2.45. The molecule has 35 heavy (non-hydrogen) atoms. The first-order valence-electron chi connectivity index (χ1n) is 11.3. The van der Waals surface area contributed by atoms with Crippen molar-refractivity contribution in [3.05, 3.63) is 63.7 Å². The first-order chi connectivity index (χ1) is 16.6. The van der Waals surface area contributed by atoms with Gasteiger partial charge in [-0.1, -0.05) is 24.6 Å². The van der Waals surface area contributed by atoms with Crippen LogP contribution in [0.2, 0.25) is 5.02 Å². The molecule has 1 aliphatic carbocycles. The van der Waals surface area contributed by atoms with Crippen LogP contribution in [0.1, 0.15) is 40.4 Å². The summed E-state index contributed by atoms with van der Waals surface area (Å²) in [5, 5.41) is 3.11. The summed E-state index contributed by atoms with van der Waals surface area (Å²) in [6, 6.07) is 8.98. The van der Waals surface area contributed by atoms with Crippen LogP contribution in [-0.4, -0.2) is 55.8 Å². The number of carbonyl (C=O) groups is 2. The molecule has 0 aliphatic heterocycles. The number of alkyl halides is 3. The molecule has 0 saturated carbocycles. The van der Waals surface area contributed by atoms with Crippen LogP contribution < -0.4 is 10.1 Å². The van der Waals surface area contributed by atoms with E-state index in [1.54, 1.807) is 30.3 Å². The van der Waals surface area contributed by atoms with Gasteiger partial charge in [0.2, 0.25) is 0 Å². The summed E-state index contributed by atoms with van der Waals surface area (Å²) in [4.78, 5) is 25.6. The molecule has 0 spiro atoms. The van der Waals surface area contributed by atoms with Crippen molar-refractivity contribution in [1.29, 1.82) is 0 Å². The number of nitrogens with zero attached hydrogens (tertiary/aromatic N) is 1. The quantitative estimate of drug-likeness (QED) is 0.474. The SMILES string of the molecule is CCCNC(=O)c1ccc2c(c1)CC(N(Cc1cc(Cl)ccc1OCCOC)C(=O)C(F)(F)F)C2. The third-order valence-corrected chi connectivity index (χ3v) is 6.00. The number of hydrogen-bond donors (Lipinski definition) is 1. The Morgan fingerprint density at radius 2 is 1.86 bits per heavy atom. The number of carbonyl (C=O) groups excluding carboxylic acids is 2. The number of halogens is 4. The highest BCUT2D eigenvalue weighted by molar-refractivity contribution is 6.30. The Kier molecular flexibility index (Phi) is 9.02. The molecular weight excluding hydrogens is 485 g/mol. The fraction of sp³-hybridized carbons (Fsp3) is 0.440. The lowest BCUT2D eigenvalue weighted by Gasteiger charge is -2.30. The maximum atomic E-state index is 13.6. The van der Waals surface area contributed by atoms with Crippen molar-refractivity contribution >= 4 is 23.4 Å². The first kappa shape index (κ1) is 26.8. The van der Waals surface area contributed by atoms with Gasteiger partial charge in [-0.25, -0.2) is 0 Å². The van der Waals surface area contributed by atoms with E-state index in [1.165, 1.54) is 13.2 Å². The van der Waals surface area contributed by atoms with Crippen LogP contribution in [0.15, 0.2) is 36.4 Å². The van der Waals surface area contributed by atoms with Crippen molar-refractivity contribution in [1.82, 2.24) is 10.2 Å². The Hall–Kier alpha value is -2.78. The van der Waals surface area contributed by atoms with Gasteiger partial charge < -0.3 is 19.7 Å². The van der Waals surface area contributed by atoms with E-state index in [2.05, 4.69) is 5.32 Å². The zero-order valence-electron chi connectivity index (χ0n) is 19.6. The Bertz CT molecular complexity index is 1060. The third-order valence-electron chi connectivity index (χ3n) is 5.77. The largest absolute Gasteiger partial charge is 0.491 e. The molecular formula is C25H28ClF3N2O4. The van der Waals surface area contributed by atoms with E-state index in [-0.39, 0.29) is 31.9 Å². The van der Waals surface area contributed by atoms with E-state index in [0.29, 0.717) is 35.1 Å². The first-order valence-corrected chi connectivity index (χ1v) is 11.7. The topological polar surface area (TPSA) is 67.9 Å². The molecule has 0 bridgehead atoms. The van der Waals surface area contributed by atoms with Crippen LogP contribution in [0.3, 0.4) is 0 Å². The van der Waals surface area contributed by atoms with Crippen LogP contribution >= 0.6 is 11.6 Å². The number of benzene rings is 2. The van der Waals surface area contributed by atoms with Gasteiger partial charge in [-0.3, -0.25) is 9.59 Å². The summed E-state index contributed by atoms with van der Waals surface area (Å²) in [5.74, 6) is -1.84. The van der Waals surface area contributed by atoms with Gasteiger partial charge in [0.25, 0.3) is 5.91 Å². The third kappa shape index (κ3) is 6.89. The van der Waals surface area contributed by atoms with Gasteiger partial charge in [0.15, 0.2) is 0 Å². The number of methoxy groups -OCH3 is 1. The lowest BCUT2D eigenvalue weighted by Crippen LogP contribution is -2.47. The molecule has 1 atom stereocenters. The Morgan fingerprint density at radius 3 is 2.54 bits per heavy atom. The normalized spacial score (nSPS) is 15.0. The zero-order valence-corrected chi connectivity index (χ0v) is 20.3. The average Bonchev–Trinajstić information content (AvgIpc) is 3.24. The molecule has 2 amide bonds. The molecule has 6 nitrogen and oxygen atoms in total. The molecule has 0 fully saturated rings. The standard InChI is InChI=1S/C25H28ClF3N2O4/c1-3-8-30-23(32)17-5-4-16-13-21(14-18(16)11-17)31(24(33)25(27,28)29)15-19-12-20(26)6-7-22(19)35-10-9-34-2/h4-7,11-12,21H,3,8-10,13-15H2,1-2H3,(H,30,32). The Labute approximate surface area is 207 Å². The lowest BCUT2D eigenvalue weighted by atomic mass is 10.1. The molecule has 3 rings (SSSR count). The molecule has 190 valence electrons. The van der Waals surface area contributed by atoms with Gasteiger partial charge in [0, 0.05) is 42.4 Å². The predicted molar refractivity (Wildman–Crippen MR) is 126 cm³/mol. The number of nitrogens with one attached hydrogen (secondary N) is 1. The summed E-state index contributed by atoms with van der Waals surface area (Å²) in [6.07, 6.45) is -3.81. The molecule has 2 aromatic carbocycles. The molecule has 0 aromatic heterocycles. The van der Waals surface area contributed by atoms with Gasteiger partial charge in [-0.15, -0.1) is 0 Å². The number of rotatable bonds is 10. The molecule has 1 N–H and O–H groups in total. The minimum Gasteiger partial charge on any atom is -0.491 e. The van der Waals surface area contributed by atoms with Gasteiger partial charge >= 0.3 is 12.1 Å². The number of fused-ring (bicyclic) bond motifs is 1. The van der Waals surface area contributed by atoms with Crippen molar-refractivity contribution in [2.75, 3.05) is 26.9 Å². The molecule has 10 heteroatoms. The van der Waals surface area contributed by atoms with Crippen molar-refractivity contribution in [2.24, 2.45) is 0 Å². The van der Waals surface area contributed by atoms with E-state index in [4.69, 9.17) is 21.1 Å². The van der Waals surface area contributed by atoms with Crippen LogP contribution in [0.4, 0.5) is 13.2 Å². The van der Waals surface area contributed by atoms with Crippen LogP contribution in [0, 0.1) is 0 Å². The van der Waals surface area contributed by atoms with E-state index in [0.717, 1.165) is 22.4 Å². The maximum absolute atomic E-state index is 13.6. The average molecular weight is 513 g/mol. The molecule has 1 aliphatic rings. The second kappa shape index (κ2) is 11.8. The van der Waals surface area contributed by atoms with Crippen molar-refractivity contribution in [3.8, 4) is 5.75 Å².